The first-order valence-corrected chi connectivity index (χ1v) is 6.76. The van der Waals surface area contributed by atoms with Gasteiger partial charge in [0.25, 0.3) is 0 Å². The van der Waals surface area contributed by atoms with E-state index in [-0.39, 0.29) is 0 Å². The van der Waals surface area contributed by atoms with Gasteiger partial charge in [0.15, 0.2) is 0 Å². The molecule has 0 saturated heterocycles. The van der Waals surface area contributed by atoms with Crippen molar-refractivity contribution in [1.29, 1.82) is 0 Å². The summed E-state index contributed by atoms with van der Waals surface area (Å²) in [6.45, 7) is 16.0. The van der Waals surface area contributed by atoms with E-state index in [1.54, 1.807) is 0 Å². The SMILES string of the molecule is CCCNC(CN(C)C(C)CC)C(C)(C)C. The quantitative estimate of drug-likeness (QED) is 0.720. The van der Waals surface area contributed by atoms with Gasteiger partial charge in [0.2, 0.25) is 0 Å². The van der Waals surface area contributed by atoms with Crippen LogP contribution in [0.5, 0.6) is 0 Å². The maximum atomic E-state index is 3.68. The van der Waals surface area contributed by atoms with Crippen LogP contribution in [-0.4, -0.2) is 37.1 Å². The van der Waals surface area contributed by atoms with Gasteiger partial charge in [-0.3, -0.25) is 0 Å². The van der Waals surface area contributed by atoms with E-state index < -0.39 is 0 Å². The molecule has 16 heavy (non-hydrogen) atoms. The fourth-order valence-corrected chi connectivity index (χ4v) is 1.74. The lowest BCUT2D eigenvalue weighted by Crippen LogP contribution is -2.49. The van der Waals surface area contributed by atoms with Gasteiger partial charge in [-0.15, -0.1) is 0 Å². The average molecular weight is 228 g/mol. The van der Waals surface area contributed by atoms with Gasteiger partial charge in [-0.2, -0.15) is 0 Å². The van der Waals surface area contributed by atoms with Crippen LogP contribution in [0.15, 0.2) is 0 Å². The summed E-state index contributed by atoms with van der Waals surface area (Å²) in [5.41, 5.74) is 0.330. The Balaban J connectivity index is 4.31. The fourth-order valence-electron chi connectivity index (χ4n) is 1.74. The lowest BCUT2D eigenvalue weighted by atomic mass is 9.86. The van der Waals surface area contributed by atoms with Crippen molar-refractivity contribution in [2.75, 3.05) is 20.1 Å². The van der Waals surface area contributed by atoms with Gasteiger partial charge >= 0.3 is 0 Å². The molecule has 0 aromatic heterocycles. The second-order valence-electron chi connectivity index (χ2n) is 6.07. The number of nitrogens with zero attached hydrogens (tertiary/aromatic N) is 1. The Morgan fingerprint density at radius 3 is 2.12 bits per heavy atom. The van der Waals surface area contributed by atoms with Crippen LogP contribution in [0.1, 0.15) is 54.4 Å². The third-order valence-corrected chi connectivity index (χ3v) is 3.50. The third-order valence-electron chi connectivity index (χ3n) is 3.50. The van der Waals surface area contributed by atoms with Gasteiger partial charge in [0.1, 0.15) is 0 Å². The first-order chi connectivity index (χ1) is 7.32. The van der Waals surface area contributed by atoms with Crippen molar-refractivity contribution in [2.45, 2.75) is 66.5 Å². The highest BCUT2D eigenvalue weighted by atomic mass is 15.2. The third kappa shape index (κ3) is 5.86. The van der Waals surface area contributed by atoms with E-state index in [1.165, 1.54) is 12.8 Å². The minimum Gasteiger partial charge on any atom is -0.312 e. The predicted molar refractivity (Wildman–Crippen MR) is 73.9 cm³/mol. The van der Waals surface area contributed by atoms with Gasteiger partial charge in [-0.1, -0.05) is 34.6 Å². The van der Waals surface area contributed by atoms with E-state index in [4.69, 9.17) is 0 Å². The molecule has 0 spiro atoms. The predicted octanol–water partition coefficient (Wildman–Crippen LogP) is 3.13. The van der Waals surface area contributed by atoms with Gasteiger partial charge in [0.05, 0.1) is 0 Å². The molecule has 0 bridgehead atoms. The minimum atomic E-state index is 0.330. The Labute approximate surface area is 103 Å². The molecule has 98 valence electrons. The molecule has 0 amide bonds. The van der Waals surface area contributed by atoms with Crippen molar-refractivity contribution in [3.63, 3.8) is 0 Å². The monoisotopic (exact) mass is 228 g/mol. The van der Waals surface area contributed by atoms with Crippen LogP contribution in [0, 0.1) is 5.41 Å². The summed E-state index contributed by atoms with van der Waals surface area (Å²) in [6.07, 6.45) is 2.43. The Morgan fingerprint density at radius 1 is 1.19 bits per heavy atom. The summed E-state index contributed by atoms with van der Waals surface area (Å²) < 4.78 is 0. The number of hydrogen-bond acceptors (Lipinski definition) is 2. The van der Waals surface area contributed by atoms with E-state index in [0.29, 0.717) is 17.5 Å². The van der Waals surface area contributed by atoms with Crippen LogP contribution in [-0.2, 0) is 0 Å². The zero-order chi connectivity index (χ0) is 12.8. The molecule has 2 unspecified atom stereocenters. The number of nitrogens with one attached hydrogen (secondary N) is 1. The topological polar surface area (TPSA) is 15.3 Å². The van der Waals surface area contributed by atoms with Crippen molar-refractivity contribution >= 4 is 0 Å². The molecule has 2 heteroatoms. The number of rotatable bonds is 7. The fraction of sp³-hybridized carbons (Fsp3) is 1.00. The molecule has 0 aromatic carbocycles. The number of hydrogen-bond donors (Lipinski definition) is 1. The molecule has 2 nitrogen and oxygen atoms in total. The molecule has 0 aliphatic heterocycles. The molecule has 1 N–H and O–H groups in total. The normalized spacial score (nSPS) is 16.5. The van der Waals surface area contributed by atoms with Crippen LogP contribution in [0.4, 0.5) is 0 Å². The first kappa shape index (κ1) is 15.9. The Morgan fingerprint density at radius 2 is 1.75 bits per heavy atom. The second-order valence-corrected chi connectivity index (χ2v) is 6.07. The standard InChI is InChI=1S/C14H32N2/c1-8-10-15-13(14(4,5)6)11-16(7)12(3)9-2/h12-13,15H,8-11H2,1-7H3. The van der Waals surface area contributed by atoms with Gasteiger partial charge in [-0.05, 0) is 38.8 Å². The molecule has 2 atom stereocenters. The summed E-state index contributed by atoms with van der Waals surface area (Å²) in [7, 11) is 2.24. The van der Waals surface area contributed by atoms with Crippen LogP contribution < -0.4 is 5.32 Å². The average Bonchev–Trinajstić information content (AvgIpc) is 2.20. The van der Waals surface area contributed by atoms with Gasteiger partial charge in [-0.25, -0.2) is 0 Å². The van der Waals surface area contributed by atoms with Crippen molar-refractivity contribution in [3.05, 3.63) is 0 Å². The first-order valence-electron chi connectivity index (χ1n) is 6.76. The summed E-state index contributed by atoms with van der Waals surface area (Å²) in [4.78, 5) is 2.47. The maximum absolute atomic E-state index is 3.68. The van der Waals surface area contributed by atoms with Crippen molar-refractivity contribution < 1.29 is 0 Å². The Bertz CT molecular complexity index is 172. The minimum absolute atomic E-state index is 0.330. The maximum Gasteiger partial charge on any atom is 0.0243 e. The van der Waals surface area contributed by atoms with Crippen molar-refractivity contribution in [1.82, 2.24) is 10.2 Å². The van der Waals surface area contributed by atoms with E-state index in [2.05, 4.69) is 58.8 Å². The van der Waals surface area contributed by atoms with Crippen LogP contribution in [0.3, 0.4) is 0 Å². The summed E-state index contributed by atoms with van der Waals surface area (Å²) in [5, 5.41) is 3.68. The zero-order valence-corrected chi connectivity index (χ0v) is 12.4. The van der Waals surface area contributed by atoms with Crippen molar-refractivity contribution in [2.24, 2.45) is 5.41 Å². The molecule has 0 radical (unpaired) electrons. The lowest BCUT2D eigenvalue weighted by Gasteiger charge is -2.36. The second kappa shape index (κ2) is 7.29. The molecular weight excluding hydrogens is 196 g/mol. The van der Waals surface area contributed by atoms with Crippen LogP contribution in [0.2, 0.25) is 0 Å². The van der Waals surface area contributed by atoms with E-state index >= 15 is 0 Å². The van der Waals surface area contributed by atoms with Gasteiger partial charge in [0, 0.05) is 18.6 Å². The summed E-state index contributed by atoms with van der Waals surface area (Å²) in [6, 6.07) is 1.25. The van der Waals surface area contributed by atoms with Gasteiger partial charge < -0.3 is 10.2 Å². The molecular formula is C14H32N2. The molecule has 0 aliphatic rings. The van der Waals surface area contributed by atoms with Crippen molar-refractivity contribution in [3.8, 4) is 0 Å². The lowest BCUT2D eigenvalue weighted by molar-refractivity contribution is 0.163. The highest BCUT2D eigenvalue weighted by Crippen LogP contribution is 2.20. The molecule has 0 rings (SSSR count). The summed E-state index contributed by atoms with van der Waals surface area (Å²) in [5.74, 6) is 0. The van der Waals surface area contributed by atoms with Crippen LogP contribution in [0.25, 0.3) is 0 Å². The highest BCUT2D eigenvalue weighted by molar-refractivity contribution is 4.83. The van der Waals surface area contributed by atoms with E-state index in [1.807, 2.05) is 0 Å². The summed E-state index contributed by atoms with van der Waals surface area (Å²) >= 11 is 0. The molecule has 0 aliphatic carbocycles. The molecule has 0 saturated carbocycles. The number of likely N-dealkylation sites (N-methyl/N-ethyl adjacent to an activating group) is 1. The van der Waals surface area contributed by atoms with E-state index in [9.17, 15) is 0 Å². The highest BCUT2D eigenvalue weighted by Gasteiger charge is 2.25. The zero-order valence-electron chi connectivity index (χ0n) is 12.4. The van der Waals surface area contributed by atoms with E-state index in [0.717, 1.165) is 13.1 Å². The molecule has 0 heterocycles. The van der Waals surface area contributed by atoms with Crippen LogP contribution >= 0.6 is 0 Å². The Hall–Kier alpha value is -0.0800. The Kier molecular flexibility index (Phi) is 7.25. The molecule has 0 fully saturated rings. The molecule has 0 aromatic rings. The largest absolute Gasteiger partial charge is 0.312 e. The smallest absolute Gasteiger partial charge is 0.0243 e.